The number of hydrogen-bond acceptors (Lipinski definition) is 5. The number of thiophene rings is 1. The molecule has 1 unspecified atom stereocenters. The van der Waals surface area contributed by atoms with E-state index < -0.39 is 5.97 Å². The summed E-state index contributed by atoms with van der Waals surface area (Å²) in [7, 11) is 0. The lowest BCUT2D eigenvalue weighted by atomic mass is 9.98. The van der Waals surface area contributed by atoms with Crippen molar-refractivity contribution in [3.8, 4) is 11.3 Å². The second-order valence-corrected chi connectivity index (χ2v) is 6.30. The Bertz CT molecular complexity index is 657. The second-order valence-electron chi connectivity index (χ2n) is 5.52. The van der Waals surface area contributed by atoms with Crippen LogP contribution in [0.15, 0.2) is 29.0 Å². The van der Waals surface area contributed by atoms with Gasteiger partial charge < -0.3 is 15.1 Å². The first kappa shape index (κ1) is 15.0. The number of aliphatic hydroxyl groups is 1. The van der Waals surface area contributed by atoms with Crippen molar-refractivity contribution in [1.29, 1.82) is 0 Å². The number of aromatic nitrogens is 1. The maximum atomic E-state index is 11.5. The van der Waals surface area contributed by atoms with Gasteiger partial charge in [-0.25, -0.2) is 9.78 Å². The summed E-state index contributed by atoms with van der Waals surface area (Å²) in [6, 6.07) is 5.35. The van der Waals surface area contributed by atoms with Gasteiger partial charge in [-0.3, -0.25) is 0 Å². The molecule has 0 bridgehead atoms. The van der Waals surface area contributed by atoms with Gasteiger partial charge in [0.15, 0.2) is 0 Å². The lowest BCUT2D eigenvalue weighted by Crippen LogP contribution is -2.38. The first-order valence-electron chi connectivity index (χ1n) is 7.31. The normalized spacial score (nSPS) is 18.4. The molecular formula is C16H18N2O3S. The Morgan fingerprint density at radius 2 is 2.27 bits per heavy atom. The molecule has 6 heteroatoms. The number of hydrogen-bond donors (Lipinski definition) is 2. The average molecular weight is 318 g/mol. The van der Waals surface area contributed by atoms with Gasteiger partial charge in [0.05, 0.1) is 5.69 Å². The van der Waals surface area contributed by atoms with Gasteiger partial charge in [0.1, 0.15) is 11.4 Å². The fourth-order valence-corrected chi connectivity index (χ4v) is 3.48. The molecule has 2 N–H and O–H groups in total. The standard InChI is InChI=1S/C16H18N2O3S/c19-9-11-2-1-6-18(8-11)15-13(16(20)21)3-4-14(17-15)12-5-7-22-10-12/h3-5,7,10-11,19H,1-2,6,8-9H2,(H,20,21). The predicted molar refractivity (Wildman–Crippen MR) is 86.5 cm³/mol. The summed E-state index contributed by atoms with van der Waals surface area (Å²) in [6.45, 7) is 1.55. The van der Waals surface area contributed by atoms with Crippen molar-refractivity contribution in [2.45, 2.75) is 12.8 Å². The molecule has 2 aromatic heterocycles. The minimum absolute atomic E-state index is 0.128. The third kappa shape index (κ3) is 2.98. The van der Waals surface area contributed by atoms with Gasteiger partial charge in [-0.2, -0.15) is 11.3 Å². The molecule has 1 saturated heterocycles. The molecule has 0 spiro atoms. The Balaban J connectivity index is 1.99. The summed E-state index contributed by atoms with van der Waals surface area (Å²) >= 11 is 1.59. The van der Waals surface area contributed by atoms with Crippen molar-refractivity contribution in [1.82, 2.24) is 4.98 Å². The molecule has 0 saturated carbocycles. The van der Waals surface area contributed by atoms with Crippen molar-refractivity contribution in [3.63, 3.8) is 0 Å². The number of piperidine rings is 1. The second kappa shape index (κ2) is 6.46. The van der Waals surface area contributed by atoms with E-state index in [-0.39, 0.29) is 18.1 Å². The molecule has 1 aliphatic heterocycles. The van der Waals surface area contributed by atoms with Crippen LogP contribution in [0.5, 0.6) is 0 Å². The molecule has 0 aliphatic carbocycles. The summed E-state index contributed by atoms with van der Waals surface area (Å²) < 4.78 is 0. The average Bonchev–Trinajstić information content (AvgIpc) is 3.08. The summed E-state index contributed by atoms with van der Waals surface area (Å²) in [5.41, 5.74) is 2.00. The number of pyridine rings is 1. The van der Waals surface area contributed by atoms with Crippen LogP contribution in [0.1, 0.15) is 23.2 Å². The lowest BCUT2D eigenvalue weighted by Gasteiger charge is -2.33. The Labute approximate surface area is 132 Å². The van der Waals surface area contributed by atoms with E-state index in [1.807, 2.05) is 21.7 Å². The number of carboxylic acid groups (broad SMARTS) is 1. The Kier molecular flexibility index (Phi) is 4.40. The fourth-order valence-electron chi connectivity index (χ4n) is 2.83. The van der Waals surface area contributed by atoms with Gasteiger partial charge in [-0.05, 0) is 42.3 Å². The molecule has 2 aromatic rings. The van der Waals surface area contributed by atoms with Crippen LogP contribution < -0.4 is 4.90 Å². The smallest absolute Gasteiger partial charge is 0.339 e. The number of carboxylic acids is 1. The fraction of sp³-hybridized carbons (Fsp3) is 0.375. The van der Waals surface area contributed by atoms with Crippen LogP contribution in [0, 0.1) is 5.92 Å². The molecule has 0 amide bonds. The molecule has 3 heterocycles. The van der Waals surface area contributed by atoms with Crippen molar-refractivity contribution in [3.05, 3.63) is 34.5 Å². The Morgan fingerprint density at radius 3 is 2.95 bits per heavy atom. The largest absolute Gasteiger partial charge is 0.478 e. The highest BCUT2D eigenvalue weighted by Gasteiger charge is 2.24. The summed E-state index contributed by atoms with van der Waals surface area (Å²) in [4.78, 5) is 18.1. The van der Waals surface area contributed by atoms with Crippen LogP contribution in [0.4, 0.5) is 5.82 Å². The Hall–Kier alpha value is -1.92. The molecule has 5 nitrogen and oxygen atoms in total. The zero-order valence-corrected chi connectivity index (χ0v) is 12.9. The number of anilines is 1. The van der Waals surface area contributed by atoms with Crippen molar-refractivity contribution >= 4 is 23.1 Å². The number of nitrogens with zero attached hydrogens (tertiary/aromatic N) is 2. The monoisotopic (exact) mass is 318 g/mol. The minimum atomic E-state index is -0.967. The first-order valence-corrected chi connectivity index (χ1v) is 8.26. The van der Waals surface area contributed by atoms with E-state index in [1.165, 1.54) is 0 Å². The van der Waals surface area contributed by atoms with Crippen LogP contribution in [-0.2, 0) is 0 Å². The van der Waals surface area contributed by atoms with Crippen molar-refractivity contribution in [2.75, 3.05) is 24.6 Å². The van der Waals surface area contributed by atoms with Crippen LogP contribution in [0.25, 0.3) is 11.3 Å². The van der Waals surface area contributed by atoms with Gasteiger partial charge >= 0.3 is 5.97 Å². The lowest BCUT2D eigenvalue weighted by molar-refractivity contribution is 0.0697. The molecule has 1 aliphatic rings. The number of aromatic carboxylic acids is 1. The molecule has 0 aromatic carbocycles. The van der Waals surface area contributed by atoms with E-state index in [0.29, 0.717) is 12.4 Å². The van der Waals surface area contributed by atoms with Gasteiger partial charge in [0, 0.05) is 30.6 Å². The molecule has 1 atom stereocenters. The number of rotatable bonds is 4. The SMILES string of the molecule is O=C(O)c1ccc(-c2ccsc2)nc1N1CCCC(CO)C1. The van der Waals surface area contributed by atoms with E-state index in [2.05, 4.69) is 4.98 Å². The molecule has 22 heavy (non-hydrogen) atoms. The van der Waals surface area contributed by atoms with E-state index in [9.17, 15) is 15.0 Å². The highest BCUT2D eigenvalue weighted by atomic mass is 32.1. The maximum Gasteiger partial charge on any atom is 0.339 e. The zero-order valence-electron chi connectivity index (χ0n) is 12.1. The maximum absolute atomic E-state index is 11.5. The number of aliphatic hydroxyl groups excluding tert-OH is 1. The van der Waals surface area contributed by atoms with E-state index in [1.54, 1.807) is 23.5 Å². The third-order valence-corrected chi connectivity index (χ3v) is 4.68. The quantitative estimate of drug-likeness (QED) is 0.907. The van der Waals surface area contributed by atoms with E-state index in [0.717, 1.165) is 30.6 Å². The summed E-state index contributed by atoms with van der Waals surface area (Å²) in [5.74, 6) is -0.276. The topological polar surface area (TPSA) is 73.7 Å². The summed E-state index contributed by atoms with van der Waals surface area (Å²) in [6.07, 6.45) is 1.91. The third-order valence-electron chi connectivity index (χ3n) is 4.00. The van der Waals surface area contributed by atoms with Gasteiger partial charge in [-0.15, -0.1) is 0 Å². The molecule has 1 fully saturated rings. The summed E-state index contributed by atoms with van der Waals surface area (Å²) in [5, 5.41) is 22.8. The highest BCUT2D eigenvalue weighted by Crippen LogP contribution is 2.29. The van der Waals surface area contributed by atoms with Crippen molar-refractivity contribution < 1.29 is 15.0 Å². The molecule has 116 valence electrons. The van der Waals surface area contributed by atoms with Gasteiger partial charge in [0.25, 0.3) is 0 Å². The Morgan fingerprint density at radius 1 is 1.41 bits per heavy atom. The zero-order chi connectivity index (χ0) is 15.5. The number of carbonyl (C=O) groups is 1. The first-order chi connectivity index (χ1) is 10.7. The molecular weight excluding hydrogens is 300 g/mol. The molecule has 3 rings (SSSR count). The van der Waals surface area contributed by atoms with Gasteiger partial charge in [0.2, 0.25) is 0 Å². The molecule has 0 radical (unpaired) electrons. The van der Waals surface area contributed by atoms with E-state index in [4.69, 9.17) is 0 Å². The van der Waals surface area contributed by atoms with Crippen LogP contribution in [0.3, 0.4) is 0 Å². The predicted octanol–water partition coefficient (Wildman–Crippen LogP) is 2.72. The van der Waals surface area contributed by atoms with Crippen LogP contribution in [-0.4, -0.2) is 40.9 Å². The van der Waals surface area contributed by atoms with Gasteiger partial charge in [-0.1, -0.05) is 0 Å². The van der Waals surface area contributed by atoms with Crippen LogP contribution >= 0.6 is 11.3 Å². The van der Waals surface area contributed by atoms with E-state index >= 15 is 0 Å². The minimum Gasteiger partial charge on any atom is -0.478 e. The highest BCUT2D eigenvalue weighted by molar-refractivity contribution is 7.08. The van der Waals surface area contributed by atoms with Crippen LogP contribution in [0.2, 0.25) is 0 Å². The van der Waals surface area contributed by atoms with Crippen molar-refractivity contribution in [2.24, 2.45) is 5.92 Å².